The van der Waals surface area contributed by atoms with Crippen LogP contribution in [0, 0.1) is 12.7 Å². The third-order valence-electron chi connectivity index (χ3n) is 5.73. The molecule has 180 valence electrons. The maximum atomic E-state index is 13.9. The zero-order valence-electron chi connectivity index (χ0n) is 19.8. The zero-order valence-corrected chi connectivity index (χ0v) is 20.6. The van der Waals surface area contributed by atoms with E-state index in [0.717, 1.165) is 12.0 Å². The molecule has 1 amide bonds. The number of rotatable bonds is 9. The number of sulfonamides is 1. The fraction of sp³-hybridized carbons (Fsp3) is 0.269. The van der Waals surface area contributed by atoms with Crippen LogP contribution in [0.4, 0.5) is 10.1 Å². The number of aryl methyl sites for hydroxylation is 2. The topological polar surface area (TPSA) is 78.5 Å². The van der Waals surface area contributed by atoms with Crippen LogP contribution in [0.25, 0.3) is 0 Å². The number of nitrogens with one attached hydrogen (secondary N) is 2. The molecule has 0 aliphatic rings. The summed E-state index contributed by atoms with van der Waals surface area (Å²) < 4.78 is 41.8. The molecule has 34 heavy (non-hydrogen) atoms. The molecule has 0 saturated carbocycles. The molecular weight excluding hydrogens is 453 g/mol. The van der Waals surface area contributed by atoms with Crippen molar-refractivity contribution >= 4 is 21.6 Å². The van der Waals surface area contributed by atoms with Crippen molar-refractivity contribution in [2.75, 3.05) is 25.4 Å². The molecule has 0 fully saturated rings. The van der Waals surface area contributed by atoms with Crippen molar-refractivity contribution < 1.29 is 17.6 Å². The summed E-state index contributed by atoms with van der Waals surface area (Å²) in [5.74, 6) is -1.06. The second kappa shape index (κ2) is 10.8. The number of nitrogens with zero attached hydrogens (tertiary/aromatic N) is 1. The molecule has 1 unspecified atom stereocenters. The summed E-state index contributed by atoms with van der Waals surface area (Å²) in [7, 11) is -0.198. The Hall–Kier alpha value is -3.23. The van der Waals surface area contributed by atoms with Gasteiger partial charge in [-0.3, -0.25) is 9.52 Å². The van der Waals surface area contributed by atoms with Gasteiger partial charge in [-0.25, -0.2) is 12.8 Å². The van der Waals surface area contributed by atoms with Gasteiger partial charge in [0.25, 0.3) is 15.9 Å². The molecule has 0 aromatic heterocycles. The first-order valence-electron chi connectivity index (χ1n) is 11.0. The molecule has 3 rings (SSSR count). The van der Waals surface area contributed by atoms with Crippen molar-refractivity contribution in [3.05, 3.63) is 94.8 Å². The number of carbonyl (C=O) groups is 1. The lowest BCUT2D eigenvalue weighted by Gasteiger charge is -2.25. The van der Waals surface area contributed by atoms with Gasteiger partial charge in [0, 0.05) is 12.1 Å². The Kier molecular flexibility index (Phi) is 8.06. The number of halogens is 1. The van der Waals surface area contributed by atoms with Crippen molar-refractivity contribution in [1.29, 1.82) is 0 Å². The van der Waals surface area contributed by atoms with Crippen LogP contribution in [-0.4, -0.2) is 39.9 Å². The molecule has 0 saturated heterocycles. The second-order valence-corrected chi connectivity index (χ2v) is 10.0. The van der Waals surface area contributed by atoms with Crippen LogP contribution in [0.15, 0.2) is 71.6 Å². The average Bonchev–Trinajstić information content (AvgIpc) is 2.80. The molecule has 1 atom stereocenters. The minimum atomic E-state index is -4.08. The lowest BCUT2D eigenvalue weighted by Crippen LogP contribution is -2.35. The van der Waals surface area contributed by atoms with Gasteiger partial charge >= 0.3 is 0 Å². The van der Waals surface area contributed by atoms with E-state index in [-0.39, 0.29) is 28.1 Å². The maximum Gasteiger partial charge on any atom is 0.262 e. The highest BCUT2D eigenvalue weighted by atomic mass is 32.2. The number of anilines is 1. The van der Waals surface area contributed by atoms with E-state index in [4.69, 9.17) is 0 Å². The average molecular weight is 484 g/mol. The van der Waals surface area contributed by atoms with E-state index in [1.807, 2.05) is 19.0 Å². The van der Waals surface area contributed by atoms with Crippen molar-refractivity contribution in [1.82, 2.24) is 10.2 Å². The SMILES string of the molecule is CCc1ccc(C(CNC(=O)c2cc(S(=O)(=O)Nc3ccccc3F)ccc2C)N(C)C)cc1. The molecule has 3 aromatic rings. The molecule has 2 N–H and O–H groups in total. The molecule has 0 bridgehead atoms. The molecule has 0 spiro atoms. The quantitative estimate of drug-likeness (QED) is 0.469. The van der Waals surface area contributed by atoms with E-state index < -0.39 is 15.8 Å². The standard InChI is InChI=1S/C26H30FN3O3S/c1-5-19-11-13-20(14-12-19)25(30(3)4)17-28-26(31)22-16-21(15-10-18(22)2)34(32,33)29-24-9-7-6-8-23(24)27/h6-16,25,29H,5,17H2,1-4H3,(H,28,31). The highest BCUT2D eigenvalue weighted by Gasteiger charge is 2.21. The Bertz CT molecular complexity index is 1260. The largest absolute Gasteiger partial charge is 0.350 e. The van der Waals surface area contributed by atoms with E-state index in [0.29, 0.717) is 12.1 Å². The normalized spacial score (nSPS) is 12.4. The summed E-state index contributed by atoms with van der Waals surface area (Å²) in [6.45, 7) is 4.19. The highest BCUT2D eigenvalue weighted by Crippen LogP contribution is 2.22. The summed E-state index contributed by atoms with van der Waals surface area (Å²) in [5, 5.41) is 2.93. The number of benzene rings is 3. The minimum absolute atomic E-state index is 0.0511. The van der Waals surface area contributed by atoms with Gasteiger partial charge in [-0.1, -0.05) is 49.4 Å². The van der Waals surface area contributed by atoms with Crippen molar-refractivity contribution in [3.8, 4) is 0 Å². The molecule has 8 heteroatoms. The van der Waals surface area contributed by atoms with E-state index in [9.17, 15) is 17.6 Å². The Morgan fingerprint density at radius 2 is 1.71 bits per heavy atom. The predicted molar refractivity (Wildman–Crippen MR) is 133 cm³/mol. The van der Waals surface area contributed by atoms with Crippen LogP contribution in [0.1, 0.15) is 40.0 Å². The van der Waals surface area contributed by atoms with Gasteiger partial charge in [0.1, 0.15) is 5.82 Å². The fourth-order valence-corrected chi connectivity index (χ4v) is 4.71. The summed E-state index contributed by atoms with van der Waals surface area (Å²) in [6, 6.07) is 18.0. The summed E-state index contributed by atoms with van der Waals surface area (Å²) in [6.07, 6.45) is 0.952. The smallest absolute Gasteiger partial charge is 0.262 e. The van der Waals surface area contributed by atoms with E-state index >= 15 is 0 Å². The molecule has 0 aliphatic heterocycles. The summed E-state index contributed by atoms with van der Waals surface area (Å²) in [5.41, 5.74) is 3.04. The minimum Gasteiger partial charge on any atom is -0.350 e. The van der Waals surface area contributed by atoms with Crippen molar-refractivity contribution in [3.63, 3.8) is 0 Å². The van der Waals surface area contributed by atoms with Gasteiger partial charge in [-0.05, 0) is 68.4 Å². The summed E-state index contributed by atoms with van der Waals surface area (Å²) >= 11 is 0. The van der Waals surface area contributed by atoms with Gasteiger partial charge in [-0.2, -0.15) is 0 Å². The number of likely N-dealkylation sites (N-methyl/N-ethyl adjacent to an activating group) is 1. The van der Waals surface area contributed by atoms with Gasteiger partial charge in [0.2, 0.25) is 0 Å². The number of para-hydroxylation sites is 1. The van der Waals surface area contributed by atoms with Crippen LogP contribution in [0.2, 0.25) is 0 Å². The number of hydrogen-bond donors (Lipinski definition) is 2. The Morgan fingerprint density at radius 1 is 1.03 bits per heavy atom. The monoisotopic (exact) mass is 483 g/mol. The van der Waals surface area contributed by atoms with Crippen LogP contribution >= 0.6 is 0 Å². The van der Waals surface area contributed by atoms with Gasteiger partial charge in [0.05, 0.1) is 16.6 Å². The first-order valence-corrected chi connectivity index (χ1v) is 12.5. The molecular formula is C26H30FN3O3S. The molecule has 0 heterocycles. The van der Waals surface area contributed by atoms with Crippen LogP contribution in [-0.2, 0) is 16.4 Å². The third-order valence-corrected chi connectivity index (χ3v) is 7.10. The first-order chi connectivity index (χ1) is 16.1. The first kappa shape index (κ1) is 25.4. The second-order valence-electron chi connectivity index (χ2n) is 8.35. The lowest BCUT2D eigenvalue weighted by molar-refractivity contribution is 0.0941. The number of hydrogen-bond acceptors (Lipinski definition) is 4. The van der Waals surface area contributed by atoms with Crippen LogP contribution in [0.5, 0.6) is 0 Å². The number of carbonyl (C=O) groups excluding carboxylic acids is 1. The maximum absolute atomic E-state index is 13.9. The third kappa shape index (κ3) is 6.01. The Labute approximate surface area is 200 Å². The molecule has 0 radical (unpaired) electrons. The Morgan fingerprint density at radius 3 is 2.32 bits per heavy atom. The number of amides is 1. The lowest BCUT2D eigenvalue weighted by atomic mass is 10.0. The predicted octanol–water partition coefficient (Wildman–Crippen LogP) is 4.53. The van der Waals surface area contributed by atoms with E-state index in [1.165, 1.54) is 42.0 Å². The zero-order chi connectivity index (χ0) is 24.9. The van der Waals surface area contributed by atoms with Crippen molar-refractivity contribution in [2.24, 2.45) is 0 Å². The molecule has 0 aliphatic carbocycles. The van der Waals surface area contributed by atoms with Gasteiger partial charge < -0.3 is 10.2 Å². The van der Waals surface area contributed by atoms with Crippen LogP contribution in [0.3, 0.4) is 0 Å². The summed E-state index contributed by atoms with van der Waals surface area (Å²) in [4.78, 5) is 14.9. The highest BCUT2D eigenvalue weighted by molar-refractivity contribution is 7.92. The fourth-order valence-electron chi connectivity index (χ4n) is 3.62. The molecule has 6 nitrogen and oxygen atoms in total. The van der Waals surface area contributed by atoms with Crippen LogP contribution < -0.4 is 10.0 Å². The van der Waals surface area contributed by atoms with E-state index in [2.05, 4.69) is 41.2 Å². The molecule has 3 aromatic carbocycles. The van der Waals surface area contributed by atoms with Gasteiger partial charge in [-0.15, -0.1) is 0 Å². The van der Waals surface area contributed by atoms with E-state index in [1.54, 1.807) is 13.0 Å². The van der Waals surface area contributed by atoms with Gasteiger partial charge in [0.15, 0.2) is 0 Å². The Balaban J connectivity index is 1.79. The van der Waals surface area contributed by atoms with Crippen molar-refractivity contribution in [2.45, 2.75) is 31.2 Å².